The Hall–Kier alpha value is -3.92. The average Bonchev–Trinajstić information content (AvgIpc) is 2.95. The first-order valence-corrected chi connectivity index (χ1v) is 13.0. The molecule has 0 heterocycles. The molecule has 0 amide bonds. The molecule has 0 saturated heterocycles. The molecular formula is C34H34N2O. The molecule has 3 nitrogen and oxygen atoms in total. The number of hydrogen-bond acceptors (Lipinski definition) is 3. The molecule has 0 aliphatic carbocycles. The lowest BCUT2D eigenvalue weighted by atomic mass is 9.94. The summed E-state index contributed by atoms with van der Waals surface area (Å²) >= 11 is 0. The molecule has 0 saturated carbocycles. The van der Waals surface area contributed by atoms with E-state index in [9.17, 15) is 5.11 Å². The van der Waals surface area contributed by atoms with E-state index in [4.69, 9.17) is 0 Å². The SMILES string of the molecule is C[C@@H]([C@@H](NCc1ccccc1)c1ccc2ccccc2c1O)N(Cc1ccccc1)Cc1ccccc1. The van der Waals surface area contributed by atoms with Gasteiger partial charge in [-0.05, 0) is 29.0 Å². The summed E-state index contributed by atoms with van der Waals surface area (Å²) < 4.78 is 0. The van der Waals surface area contributed by atoms with Crippen LogP contribution < -0.4 is 5.32 Å². The van der Waals surface area contributed by atoms with Crippen LogP contribution in [0.25, 0.3) is 10.8 Å². The molecule has 5 aromatic carbocycles. The van der Waals surface area contributed by atoms with Crippen LogP contribution in [0.3, 0.4) is 0 Å². The molecule has 0 fully saturated rings. The Bertz CT molecular complexity index is 1360. The van der Waals surface area contributed by atoms with Gasteiger partial charge >= 0.3 is 0 Å². The molecule has 0 radical (unpaired) electrons. The second-order valence-electron chi connectivity index (χ2n) is 9.69. The van der Waals surface area contributed by atoms with E-state index < -0.39 is 0 Å². The van der Waals surface area contributed by atoms with E-state index in [-0.39, 0.29) is 12.1 Å². The van der Waals surface area contributed by atoms with Crippen LogP contribution >= 0.6 is 0 Å². The van der Waals surface area contributed by atoms with Crippen LogP contribution in [0.1, 0.15) is 35.2 Å². The Balaban J connectivity index is 1.52. The van der Waals surface area contributed by atoms with Crippen molar-refractivity contribution in [1.29, 1.82) is 0 Å². The molecule has 2 atom stereocenters. The van der Waals surface area contributed by atoms with E-state index in [0.717, 1.165) is 29.4 Å². The maximum absolute atomic E-state index is 11.5. The predicted molar refractivity (Wildman–Crippen MR) is 153 cm³/mol. The highest BCUT2D eigenvalue weighted by Crippen LogP contribution is 2.36. The lowest BCUT2D eigenvalue weighted by molar-refractivity contribution is 0.150. The quantitative estimate of drug-likeness (QED) is 0.215. The molecule has 0 aliphatic heterocycles. The fourth-order valence-electron chi connectivity index (χ4n) is 5.08. The van der Waals surface area contributed by atoms with Gasteiger partial charge in [-0.3, -0.25) is 4.90 Å². The number of aromatic hydroxyl groups is 1. The Morgan fingerprint density at radius 2 is 1.14 bits per heavy atom. The molecule has 0 spiro atoms. The van der Waals surface area contributed by atoms with Gasteiger partial charge in [-0.15, -0.1) is 0 Å². The van der Waals surface area contributed by atoms with Crippen molar-refractivity contribution in [3.8, 4) is 5.75 Å². The highest BCUT2D eigenvalue weighted by atomic mass is 16.3. The number of nitrogens with one attached hydrogen (secondary N) is 1. The maximum atomic E-state index is 11.5. The van der Waals surface area contributed by atoms with Crippen molar-refractivity contribution in [2.45, 2.75) is 38.6 Å². The summed E-state index contributed by atoms with van der Waals surface area (Å²) in [6.45, 7) is 4.61. The van der Waals surface area contributed by atoms with Crippen molar-refractivity contribution in [3.63, 3.8) is 0 Å². The first-order chi connectivity index (χ1) is 18.2. The number of nitrogens with zero attached hydrogens (tertiary/aromatic N) is 1. The normalized spacial score (nSPS) is 13.0. The lowest BCUT2D eigenvalue weighted by Crippen LogP contribution is -2.42. The lowest BCUT2D eigenvalue weighted by Gasteiger charge is -2.36. The molecule has 3 heteroatoms. The van der Waals surface area contributed by atoms with Gasteiger partial charge in [0.15, 0.2) is 0 Å². The van der Waals surface area contributed by atoms with Gasteiger partial charge in [0.2, 0.25) is 0 Å². The van der Waals surface area contributed by atoms with Crippen molar-refractivity contribution >= 4 is 10.8 Å². The standard InChI is InChI=1S/C34H34N2O/c1-26(36(24-28-15-7-3-8-16-28)25-29-17-9-4-10-18-29)33(35-23-27-13-5-2-6-14-27)32-22-21-30-19-11-12-20-31(30)34(32)37/h2-22,26,33,35,37H,23-25H2,1H3/t26-,33+/m0/s1. The van der Waals surface area contributed by atoms with Crippen LogP contribution in [0.15, 0.2) is 127 Å². The second-order valence-corrected chi connectivity index (χ2v) is 9.69. The Labute approximate surface area is 220 Å². The average molecular weight is 487 g/mol. The number of fused-ring (bicyclic) bond motifs is 1. The van der Waals surface area contributed by atoms with Crippen molar-refractivity contribution in [2.75, 3.05) is 0 Å². The minimum Gasteiger partial charge on any atom is -0.507 e. The van der Waals surface area contributed by atoms with Crippen LogP contribution in [-0.2, 0) is 19.6 Å². The van der Waals surface area contributed by atoms with Gasteiger partial charge in [0.05, 0.1) is 6.04 Å². The van der Waals surface area contributed by atoms with Gasteiger partial charge in [0, 0.05) is 36.6 Å². The van der Waals surface area contributed by atoms with Crippen LogP contribution in [-0.4, -0.2) is 16.0 Å². The first kappa shape index (κ1) is 24.8. The van der Waals surface area contributed by atoms with Crippen molar-refractivity contribution in [2.24, 2.45) is 0 Å². The first-order valence-electron chi connectivity index (χ1n) is 13.0. The summed E-state index contributed by atoms with van der Waals surface area (Å²) in [6, 6.07) is 44.0. The van der Waals surface area contributed by atoms with E-state index in [1.54, 1.807) is 0 Å². The van der Waals surface area contributed by atoms with E-state index in [0.29, 0.717) is 12.3 Å². The number of phenolic OH excluding ortho intramolecular Hbond substituents is 1. The number of phenols is 1. The molecular weight excluding hydrogens is 452 g/mol. The summed E-state index contributed by atoms with van der Waals surface area (Å²) in [6.07, 6.45) is 0. The van der Waals surface area contributed by atoms with E-state index >= 15 is 0 Å². The highest BCUT2D eigenvalue weighted by molar-refractivity contribution is 5.89. The molecule has 0 aromatic heterocycles. The predicted octanol–water partition coefficient (Wildman–Crippen LogP) is 7.47. The number of rotatable bonds is 10. The molecule has 0 aliphatic rings. The van der Waals surface area contributed by atoms with E-state index in [1.165, 1.54) is 16.7 Å². The minimum absolute atomic E-state index is 0.0859. The van der Waals surface area contributed by atoms with Gasteiger partial charge in [-0.1, -0.05) is 127 Å². The Morgan fingerprint density at radius 3 is 1.73 bits per heavy atom. The zero-order valence-electron chi connectivity index (χ0n) is 21.3. The fraction of sp³-hybridized carbons (Fsp3) is 0.176. The van der Waals surface area contributed by atoms with Gasteiger partial charge < -0.3 is 10.4 Å². The summed E-state index contributed by atoms with van der Waals surface area (Å²) in [4.78, 5) is 2.50. The van der Waals surface area contributed by atoms with Crippen LogP contribution in [0.2, 0.25) is 0 Å². The van der Waals surface area contributed by atoms with Crippen molar-refractivity contribution in [1.82, 2.24) is 10.2 Å². The maximum Gasteiger partial charge on any atom is 0.128 e. The summed E-state index contributed by atoms with van der Waals surface area (Å²) in [5.74, 6) is 0.356. The Morgan fingerprint density at radius 1 is 0.622 bits per heavy atom. The van der Waals surface area contributed by atoms with Gasteiger partial charge in [-0.2, -0.15) is 0 Å². The van der Waals surface area contributed by atoms with E-state index in [2.05, 4.69) is 114 Å². The monoisotopic (exact) mass is 486 g/mol. The van der Waals surface area contributed by atoms with Crippen LogP contribution in [0, 0.1) is 0 Å². The second kappa shape index (κ2) is 11.9. The largest absolute Gasteiger partial charge is 0.507 e. The highest BCUT2D eigenvalue weighted by Gasteiger charge is 2.28. The fourth-order valence-corrected chi connectivity index (χ4v) is 5.08. The third kappa shape index (κ3) is 6.08. The number of hydrogen-bond donors (Lipinski definition) is 2. The molecule has 5 aromatic rings. The summed E-state index contributed by atoms with van der Waals surface area (Å²) in [5.41, 5.74) is 4.69. The molecule has 37 heavy (non-hydrogen) atoms. The van der Waals surface area contributed by atoms with Crippen molar-refractivity contribution < 1.29 is 5.11 Å². The van der Waals surface area contributed by atoms with Gasteiger partial charge in [-0.25, -0.2) is 0 Å². The zero-order valence-corrected chi connectivity index (χ0v) is 21.3. The minimum atomic E-state index is -0.0859. The number of benzene rings is 5. The van der Waals surface area contributed by atoms with Crippen LogP contribution in [0.4, 0.5) is 0 Å². The molecule has 0 unspecified atom stereocenters. The third-order valence-corrected chi connectivity index (χ3v) is 7.15. The summed E-state index contributed by atoms with van der Waals surface area (Å²) in [5, 5.41) is 17.2. The Kier molecular flexibility index (Phi) is 7.95. The van der Waals surface area contributed by atoms with Gasteiger partial charge in [0.25, 0.3) is 0 Å². The molecule has 2 N–H and O–H groups in total. The molecule has 0 bridgehead atoms. The van der Waals surface area contributed by atoms with E-state index in [1.807, 2.05) is 30.3 Å². The van der Waals surface area contributed by atoms with Crippen molar-refractivity contribution in [3.05, 3.63) is 150 Å². The topological polar surface area (TPSA) is 35.5 Å². The van der Waals surface area contributed by atoms with Gasteiger partial charge in [0.1, 0.15) is 5.75 Å². The summed E-state index contributed by atoms with van der Waals surface area (Å²) in [7, 11) is 0. The molecule has 5 rings (SSSR count). The zero-order chi connectivity index (χ0) is 25.5. The molecule has 186 valence electrons. The van der Waals surface area contributed by atoms with Crippen LogP contribution in [0.5, 0.6) is 5.75 Å². The third-order valence-electron chi connectivity index (χ3n) is 7.15. The smallest absolute Gasteiger partial charge is 0.128 e.